The van der Waals surface area contributed by atoms with Gasteiger partial charge in [0.15, 0.2) is 0 Å². The average Bonchev–Trinajstić information content (AvgIpc) is 2.84. The fraction of sp³-hybridized carbons (Fsp3) is 0.375. The van der Waals surface area contributed by atoms with Crippen LogP contribution < -0.4 is 14.9 Å². The van der Waals surface area contributed by atoms with Crippen LogP contribution in [-0.2, 0) is 19.6 Å². The van der Waals surface area contributed by atoms with Crippen molar-refractivity contribution in [3.05, 3.63) is 53.6 Å². The van der Waals surface area contributed by atoms with Crippen LogP contribution in [0.5, 0.6) is 0 Å². The summed E-state index contributed by atoms with van der Waals surface area (Å²) in [6.07, 6.45) is -5.08. The number of amides is 1. The first-order valence-electron chi connectivity index (χ1n) is 11.6. The third kappa shape index (κ3) is 10.1. The number of aliphatic carboxylic acids is 1. The van der Waals surface area contributed by atoms with Crippen LogP contribution in [0, 0.1) is 6.92 Å². The van der Waals surface area contributed by atoms with Crippen molar-refractivity contribution in [3.63, 3.8) is 0 Å². The van der Waals surface area contributed by atoms with E-state index in [-0.39, 0.29) is 29.5 Å². The molecule has 15 heteroatoms. The third-order valence-corrected chi connectivity index (χ3v) is 6.82. The Labute approximate surface area is 223 Å². The summed E-state index contributed by atoms with van der Waals surface area (Å²) in [7, 11) is -3.58. The average molecular weight is 575 g/mol. The van der Waals surface area contributed by atoms with Gasteiger partial charge >= 0.3 is 18.1 Å². The number of piperazine rings is 1. The molecule has 1 aliphatic rings. The molecule has 1 saturated heterocycles. The van der Waals surface area contributed by atoms with Gasteiger partial charge in [-0.15, -0.1) is 0 Å². The van der Waals surface area contributed by atoms with E-state index in [2.05, 4.69) is 10.0 Å². The van der Waals surface area contributed by atoms with E-state index in [0.29, 0.717) is 31.9 Å². The Kier molecular flexibility index (Phi) is 10.7. The van der Waals surface area contributed by atoms with Crippen molar-refractivity contribution in [2.45, 2.75) is 20.0 Å². The number of alkyl halides is 3. The number of hydrogen-bond acceptors (Lipinski definition) is 7. The van der Waals surface area contributed by atoms with Crippen molar-refractivity contribution >= 4 is 44.9 Å². The summed E-state index contributed by atoms with van der Waals surface area (Å²) in [6.45, 7) is 6.27. The quantitative estimate of drug-likeness (QED) is 0.372. The van der Waals surface area contributed by atoms with Crippen molar-refractivity contribution in [3.8, 4) is 0 Å². The first-order valence-corrected chi connectivity index (χ1v) is 13.3. The van der Waals surface area contributed by atoms with Crippen molar-refractivity contribution in [1.29, 1.82) is 0 Å². The number of carboxylic acid groups (broad SMARTS) is 2. The fourth-order valence-electron chi connectivity index (χ4n) is 3.53. The monoisotopic (exact) mass is 574 g/mol. The highest BCUT2D eigenvalue weighted by molar-refractivity contribution is 7.92. The zero-order valence-electron chi connectivity index (χ0n) is 21.2. The second kappa shape index (κ2) is 13.3. The van der Waals surface area contributed by atoms with Crippen LogP contribution in [0.15, 0.2) is 42.5 Å². The second-order valence-corrected chi connectivity index (χ2v) is 10.5. The maximum Gasteiger partial charge on any atom is 0.490 e. The Hall–Kier alpha value is -3.85. The van der Waals surface area contributed by atoms with Gasteiger partial charge in [-0.25, -0.2) is 18.0 Å². The van der Waals surface area contributed by atoms with E-state index in [9.17, 15) is 36.3 Å². The predicted octanol–water partition coefficient (Wildman–Crippen LogP) is 2.85. The van der Waals surface area contributed by atoms with Crippen LogP contribution in [0.3, 0.4) is 0 Å². The van der Waals surface area contributed by atoms with Crippen LogP contribution in [-0.4, -0.2) is 86.0 Å². The lowest BCUT2D eigenvalue weighted by Gasteiger charge is -2.36. The molecular weight excluding hydrogens is 545 g/mol. The van der Waals surface area contributed by atoms with E-state index >= 15 is 0 Å². The number of halogens is 3. The molecule has 0 saturated carbocycles. The minimum atomic E-state index is -5.08. The lowest BCUT2D eigenvalue weighted by molar-refractivity contribution is -0.192. The normalized spacial score (nSPS) is 14.1. The van der Waals surface area contributed by atoms with Crippen LogP contribution >= 0.6 is 0 Å². The summed E-state index contributed by atoms with van der Waals surface area (Å²) in [6, 6.07) is 12.3. The number of carbonyl (C=O) groups is 3. The minimum absolute atomic E-state index is 0.0505. The number of aromatic carboxylic acids is 1. The highest BCUT2D eigenvalue weighted by atomic mass is 32.2. The summed E-state index contributed by atoms with van der Waals surface area (Å²) in [5.74, 6) is -4.18. The number of aryl methyl sites for hydroxylation is 1. The standard InChI is InChI=1S/C22H28N4O5S.C2HF3O2/c1-3-32(30,31)24-20-8-7-18(14-19(20)22(28)29)26-11-9-25(10-12-26)15-21(27)23-17-6-4-5-16(2)13-17;3-2(4,5)1(6)7/h4-8,13-14,24H,3,9-12,15H2,1-2H3,(H,23,27)(H,28,29);(H,6,7). The van der Waals surface area contributed by atoms with E-state index in [1.807, 2.05) is 41.0 Å². The Morgan fingerprint density at radius 3 is 2.13 bits per heavy atom. The molecule has 0 radical (unpaired) electrons. The molecule has 0 aliphatic carbocycles. The summed E-state index contributed by atoms with van der Waals surface area (Å²) in [4.78, 5) is 37.0. The molecule has 0 atom stereocenters. The van der Waals surface area contributed by atoms with Crippen LogP contribution in [0.4, 0.5) is 30.2 Å². The van der Waals surface area contributed by atoms with Gasteiger partial charge in [0, 0.05) is 37.6 Å². The highest BCUT2D eigenvalue weighted by Crippen LogP contribution is 2.25. The van der Waals surface area contributed by atoms with Gasteiger partial charge in [0.25, 0.3) is 0 Å². The summed E-state index contributed by atoms with van der Waals surface area (Å²) in [5, 5.41) is 19.6. The first kappa shape index (κ1) is 31.4. The second-order valence-electron chi connectivity index (χ2n) is 8.52. The Morgan fingerprint density at radius 1 is 1.00 bits per heavy atom. The number of anilines is 3. The topological polar surface area (TPSA) is 156 Å². The van der Waals surface area contributed by atoms with Crippen molar-refractivity contribution in [2.24, 2.45) is 0 Å². The number of benzene rings is 2. The molecule has 1 heterocycles. The zero-order chi connectivity index (χ0) is 29.4. The number of nitrogens with one attached hydrogen (secondary N) is 2. The highest BCUT2D eigenvalue weighted by Gasteiger charge is 2.38. The molecule has 2 aromatic carbocycles. The van der Waals surface area contributed by atoms with E-state index in [1.165, 1.54) is 19.1 Å². The van der Waals surface area contributed by atoms with Crippen LogP contribution in [0.2, 0.25) is 0 Å². The molecule has 214 valence electrons. The van der Waals surface area contributed by atoms with E-state index in [4.69, 9.17) is 9.90 Å². The number of carboxylic acids is 2. The number of sulfonamides is 1. The number of rotatable bonds is 8. The zero-order valence-corrected chi connectivity index (χ0v) is 22.0. The van der Waals surface area contributed by atoms with Gasteiger partial charge in [-0.05, 0) is 49.7 Å². The molecular formula is C24H29F3N4O7S. The minimum Gasteiger partial charge on any atom is -0.478 e. The molecule has 4 N–H and O–H groups in total. The van der Waals surface area contributed by atoms with Crippen LogP contribution in [0.1, 0.15) is 22.8 Å². The molecule has 11 nitrogen and oxygen atoms in total. The van der Waals surface area contributed by atoms with Crippen molar-refractivity contribution in [1.82, 2.24) is 4.90 Å². The van der Waals surface area contributed by atoms with Gasteiger partial charge in [-0.3, -0.25) is 14.4 Å². The Balaban J connectivity index is 0.000000673. The molecule has 0 unspecified atom stereocenters. The van der Waals surface area contributed by atoms with E-state index in [0.717, 1.165) is 11.3 Å². The molecule has 3 rings (SSSR count). The molecule has 39 heavy (non-hydrogen) atoms. The fourth-order valence-corrected chi connectivity index (χ4v) is 4.18. The van der Waals surface area contributed by atoms with Gasteiger partial charge in [0.1, 0.15) is 0 Å². The summed E-state index contributed by atoms with van der Waals surface area (Å²) >= 11 is 0. The SMILES string of the molecule is CCS(=O)(=O)Nc1ccc(N2CCN(CC(=O)Nc3cccc(C)c3)CC2)cc1C(=O)O.O=C(O)C(F)(F)F. The number of hydrogen-bond donors (Lipinski definition) is 4. The van der Waals surface area contributed by atoms with Gasteiger partial charge < -0.3 is 20.4 Å². The molecule has 0 spiro atoms. The molecule has 1 fully saturated rings. The molecule has 0 bridgehead atoms. The lowest BCUT2D eigenvalue weighted by atomic mass is 10.1. The van der Waals surface area contributed by atoms with E-state index in [1.54, 1.807) is 6.07 Å². The smallest absolute Gasteiger partial charge is 0.478 e. The number of nitrogens with zero attached hydrogens (tertiary/aromatic N) is 2. The first-order chi connectivity index (χ1) is 18.1. The van der Waals surface area contributed by atoms with Gasteiger partial charge in [-0.2, -0.15) is 13.2 Å². The molecule has 0 aromatic heterocycles. The van der Waals surface area contributed by atoms with Crippen LogP contribution in [0.25, 0.3) is 0 Å². The third-order valence-electron chi connectivity index (χ3n) is 5.53. The van der Waals surface area contributed by atoms with E-state index < -0.39 is 28.1 Å². The maximum absolute atomic E-state index is 12.4. The van der Waals surface area contributed by atoms with Gasteiger partial charge in [0.2, 0.25) is 15.9 Å². The largest absolute Gasteiger partial charge is 0.490 e. The van der Waals surface area contributed by atoms with Crippen molar-refractivity contribution < 1.29 is 46.2 Å². The summed E-state index contributed by atoms with van der Waals surface area (Å²) in [5.41, 5.74) is 2.50. The lowest BCUT2D eigenvalue weighted by Crippen LogP contribution is -2.48. The maximum atomic E-state index is 12.4. The molecule has 2 aromatic rings. The predicted molar refractivity (Wildman–Crippen MR) is 139 cm³/mol. The Morgan fingerprint density at radius 2 is 1.62 bits per heavy atom. The molecule has 1 amide bonds. The van der Waals surface area contributed by atoms with Gasteiger partial charge in [-0.1, -0.05) is 12.1 Å². The Bertz CT molecular complexity index is 1290. The summed E-state index contributed by atoms with van der Waals surface area (Å²) < 4.78 is 57.7. The van der Waals surface area contributed by atoms with Crippen molar-refractivity contribution in [2.75, 3.05) is 53.4 Å². The molecule has 1 aliphatic heterocycles. The number of carbonyl (C=O) groups excluding carboxylic acids is 1. The van der Waals surface area contributed by atoms with Gasteiger partial charge in [0.05, 0.1) is 23.5 Å².